The summed E-state index contributed by atoms with van der Waals surface area (Å²) in [7, 11) is 0. The van der Waals surface area contributed by atoms with Gasteiger partial charge in [0, 0.05) is 17.7 Å². The molecule has 1 aliphatic carbocycles. The molecule has 1 atom stereocenters. The normalized spacial score (nSPS) is 14.4. The number of carbonyl (C=O) groups is 2. The maximum atomic E-state index is 12.9. The molecule has 2 heterocycles. The smallest absolute Gasteiger partial charge is 0.307 e. The van der Waals surface area contributed by atoms with Crippen LogP contribution in [-0.4, -0.2) is 38.5 Å². The summed E-state index contributed by atoms with van der Waals surface area (Å²) in [6, 6.07) is 14.4. The number of nitrogens with zero attached hydrogens (tertiary/aromatic N) is 3. The number of aromatic nitrogens is 3. The fraction of sp³-hybridized carbons (Fsp3) is 0.320. The van der Waals surface area contributed by atoms with Crippen LogP contribution in [0.4, 0.5) is 0 Å². The summed E-state index contributed by atoms with van der Waals surface area (Å²) in [5, 5.41) is 19.0. The molecule has 0 spiro atoms. The predicted octanol–water partition coefficient (Wildman–Crippen LogP) is 4.16. The number of carbonyl (C=O) groups excluding carboxylic acids is 1. The second-order valence-corrected chi connectivity index (χ2v) is 9.73. The Morgan fingerprint density at radius 2 is 2.00 bits per heavy atom. The standard InChI is InChI=1S/C25H23N3O5S/c29-21(23-12-16-7-8-18(13-22(16)34-23)33-14-15-5-6-15)11-17(25(31)32)9-10-28-24(30)19-3-1-2-4-20(19)26-27-28/h1-4,7-8,12-13,15,17H,5-6,9-11,14H2,(H,31,32). The minimum absolute atomic E-state index is 0.0645. The third-order valence-electron chi connectivity index (χ3n) is 6.05. The SMILES string of the molecule is O=C(CC(CCn1nnc2ccccc2c1=O)C(=O)O)c1cc2ccc(OCC3CC3)cc2s1. The van der Waals surface area contributed by atoms with Crippen molar-refractivity contribution in [2.24, 2.45) is 11.8 Å². The van der Waals surface area contributed by atoms with E-state index in [-0.39, 0.29) is 30.7 Å². The van der Waals surface area contributed by atoms with Gasteiger partial charge in [0.1, 0.15) is 11.3 Å². The third kappa shape index (κ3) is 4.84. The van der Waals surface area contributed by atoms with E-state index in [9.17, 15) is 19.5 Å². The molecular formula is C25H23N3O5S. The van der Waals surface area contributed by atoms with Gasteiger partial charge in [0.25, 0.3) is 5.56 Å². The van der Waals surface area contributed by atoms with Gasteiger partial charge < -0.3 is 9.84 Å². The van der Waals surface area contributed by atoms with E-state index in [0.717, 1.165) is 20.5 Å². The van der Waals surface area contributed by atoms with Crippen molar-refractivity contribution in [2.45, 2.75) is 32.2 Å². The van der Waals surface area contributed by atoms with E-state index < -0.39 is 11.9 Å². The van der Waals surface area contributed by atoms with E-state index in [2.05, 4.69) is 10.3 Å². The highest BCUT2D eigenvalue weighted by molar-refractivity contribution is 7.20. The number of carboxylic acids is 1. The van der Waals surface area contributed by atoms with Crippen LogP contribution >= 0.6 is 11.3 Å². The van der Waals surface area contributed by atoms with Gasteiger partial charge in [0.15, 0.2) is 5.78 Å². The Labute approximate surface area is 198 Å². The summed E-state index contributed by atoms with van der Waals surface area (Å²) in [5.41, 5.74) is 0.157. The van der Waals surface area contributed by atoms with Gasteiger partial charge in [-0.25, -0.2) is 4.68 Å². The summed E-state index contributed by atoms with van der Waals surface area (Å²) < 4.78 is 7.91. The lowest BCUT2D eigenvalue weighted by Crippen LogP contribution is -2.27. The van der Waals surface area contributed by atoms with Crippen molar-refractivity contribution >= 4 is 44.1 Å². The van der Waals surface area contributed by atoms with Gasteiger partial charge >= 0.3 is 5.97 Å². The van der Waals surface area contributed by atoms with Crippen molar-refractivity contribution in [1.82, 2.24) is 15.0 Å². The molecule has 1 fully saturated rings. The number of ketones is 1. The summed E-state index contributed by atoms with van der Waals surface area (Å²) in [6.07, 6.45) is 2.38. The van der Waals surface area contributed by atoms with Crippen LogP contribution < -0.4 is 10.3 Å². The van der Waals surface area contributed by atoms with Gasteiger partial charge in [-0.1, -0.05) is 17.3 Å². The van der Waals surface area contributed by atoms with Crippen molar-refractivity contribution in [2.75, 3.05) is 6.61 Å². The Bertz CT molecular complexity index is 1440. The van der Waals surface area contributed by atoms with Crippen molar-refractivity contribution in [1.29, 1.82) is 0 Å². The van der Waals surface area contributed by atoms with E-state index in [1.807, 2.05) is 18.2 Å². The molecule has 1 aliphatic rings. The van der Waals surface area contributed by atoms with Crippen LogP contribution in [0.3, 0.4) is 0 Å². The average Bonchev–Trinajstić information content (AvgIpc) is 3.57. The van der Waals surface area contributed by atoms with Gasteiger partial charge in [-0.2, -0.15) is 0 Å². The lowest BCUT2D eigenvalue weighted by atomic mass is 9.98. The fourth-order valence-electron chi connectivity index (χ4n) is 3.82. The van der Waals surface area contributed by atoms with Crippen LogP contribution in [0.1, 0.15) is 35.4 Å². The van der Waals surface area contributed by atoms with Crippen molar-refractivity contribution < 1.29 is 19.4 Å². The number of hydrogen-bond donors (Lipinski definition) is 1. The number of hydrogen-bond acceptors (Lipinski definition) is 7. The molecule has 2 aromatic heterocycles. The minimum atomic E-state index is -1.08. The molecule has 9 heteroatoms. The molecule has 174 valence electrons. The Morgan fingerprint density at radius 3 is 2.79 bits per heavy atom. The van der Waals surface area contributed by atoms with Crippen LogP contribution in [-0.2, 0) is 11.3 Å². The van der Waals surface area contributed by atoms with Crippen LogP contribution in [0.5, 0.6) is 5.75 Å². The molecule has 0 bridgehead atoms. The lowest BCUT2D eigenvalue weighted by molar-refractivity contribution is -0.142. The molecule has 4 aromatic rings. The number of thiophene rings is 1. The van der Waals surface area contributed by atoms with Crippen LogP contribution in [0.25, 0.3) is 21.0 Å². The molecule has 1 N–H and O–H groups in total. The largest absolute Gasteiger partial charge is 0.493 e. The first-order valence-electron chi connectivity index (χ1n) is 11.2. The van der Waals surface area contributed by atoms with Crippen molar-refractivity contribution in [3.8, 4) is 5.75 Å². The molecule has 0 aliphatic heterocycles. The summed E-state index contributed by atoms with van der Waals surface area (Å²) in [5.74, 6) is -0.806. The molecule has 2 aromatic carbocycles. The van der Waals surface area contributed by atoms with E-state index in [4.69, 9.17) is 4.74 Å². The second kappa shape index (κ2) is 9.34. The zero-order valence-corrected chi connectivity index (χ0v) is 19.2. The highest BCUT2D eigenvalue weighted by atomic mass is 32.1. The Balaban J connectivity index is 1.27. The maximum absolute atomic E-state index is 12.9. The molecule has 5 rings (SSSR count). The number of rotatable bonds is 10. The van der Waals surface area contributed by atoms with Gasteiger partial charge in [-0.3, -0.25) is 14.4 Å². The predicted molar refractivity (Wildman–Crippen MR) is 129 cm³/mol. The van der Waals surface area contributed by atoms with E-state index in [1.54, 1.807) is 30.3 Å². The third-order valence-corrected chi connectivity index (χ3v) is 7.19. The zero-order chi connectivity index (χ0) is 23.7. The van der Waals surface area contributed by atoms with Crippen LogP contribution in [0, 0.1) is 11.8 Å². The van der Waals surface area contributed by atoms with E-state index in [0.29, 0.717) is 28.3 Å². The highest BCUT2D eigenvalue weighted by Crippen LogP contribution is 2.33. The van der Waals surface area contributed by atoms with Gasteiger partial charge in [-0.05, 0) is 67.0 Å². The number of carboxylic acid groups (broad SMARTS) is 1. The van der Waals surface area contributed by atoms with Crippen molar-refractivity contribution in [3.63, 3.8) is 0 Å². The topological polar surface area (TPSA) is 111 Å². The second-order valence-electron chi connectivity index (χ2n) is 8.65. The first-order valence-corrected chi connectivity index (χ1v) is 12.0. The molecule has 1 unspecified atom stereocenters. The monoisotopic (exact) mass is 477 g/mol. The quantitative estimate of drug-likeness (QED) is 0.341. The molecule has 8 nitrogen and oxygen atoms in total. The molecule has 34 heavy (non-hydrogen) atoms. The van der Waals surface area contributed by atoms with Crippen LogP contribution in [0.15, 0.2) is 53.3 Å². The maximum Gasteiger partial charge on any atom is 0.307 e. The Morgan fingerprint density at radius 1 is 1.18 bits per heavy atom. The summed E-state index contributed by atoms with van der Waals surface area (Å²) >= 11 is 1.34. The Hall–Kier alpha value is -3.59. The number of aryl methyl sites for hydroxylation is 1. The lowest BCUT2D eigenvalue weighted by Gasteiger charge is -2.11. The molecule has 1 saturated carbocycles. The fourth-order valence-corrected chi connectivity index (χ4v) is 4.86. The molecule has 0 saturated heterocycles. The highest BCUT2D eigenvalue weighted by Gasteiger charge is 2.24. The number of fused-ring (bicyclic) bond motifs is 2. The summed E-state index contributed by atoms with van der Waals surface area (Å²) in [4.78, 5) is 37.9. The number of ether oxygens (including phenoxy) is 1. The van der Waals surface area contributed by atoms with Crippen molar-refractivity contribution in [3.05, 3.63) is 63.8 Å². The number of Topliss-reactive ketones (excluding diaryl/α,β-unsaturated/α-hetero) is 1. The first-order chi connectivity index (χ1) is 16.5. The zero-order valence-electron chi connectivity index (χ0n) is 18.3. The minimum Gasteiger partial charge on any atom is -0.493 e. The van der Waals surface area contributed by atoms with E-state index in [1.165, 1.54) is 24.2 Å². The van der Waals surface area contributed by atoms with Gasteiger partial charge in [0.2, 0.25) is 0 Å². The number of aliphatic carboxylic acids is 1. The molecular weight excluding hydrogens is 454 g/mol. The Kier molecular flexibility index (Phi) is 6.10. The average molecular weight is 478 g/mol. The molecule has 0 radical (unpaired) electrons. The number of benzene rings is 2. The van der Waals surface area contributed by atoms with Crippen LogP contribution in [0.2, 0.25) is 0 Å². The first kappa shape index (κ1) is 22.2. The van der Waals surface area contributed by atoms with E-state index >= 15 is 0 Å². The molecule has 0 amide bonds. The van der Waals surface area contributed by atoms with Gasteiger partial charge in [0.05, 0.1) is 22.8 Å². The summed E-state index contributed by atoms with van der Waals surface area (Å²) in [6.45, 7) is 0.780. The van der Waals surface area contributed by atoms with Gasteiger partial charge in [-0.15, -0.1) is 16.4 Å².